The minimum atomic E-state index is -0.959. The van der Waals surface area contributed by atoms with Gasteiger partial charge >= 0.3 is 5.97 Å². The van der Waals surface area contributed by atoms with Gasteiger partial charge in [0.2, 0.25) is 11.8 Å². The highest BCUT2D eigenvalue weighted by Crippen LogP contribution is 2.65. The van der Waals surface area contributed by atoms with Crippen molar-refractivity contribution in [2.24, 2.45) is 28.6 Å². The number of nitrogens with zero attached hydrogens (tertiary/aromatic N) is 1. The van der Waals surface area contributed by atoms with Crippen molar-refractivity contribution in [3.8, 4) is 0 Å². The van der Waals surface area contributed by atoms with Gasteiger partial charge in [-0.15, -0.1) is 0 Å². The number of amides is 2. The molecule has 146 valence electrons. The smallest absolute Gasteiger partial charge is 0.326 e. The molecule has 2 N–H and O–H groups in total. The summed E-state index contributed by atoms with van der Waals surface area (Å²) >= 11 is 0. The summed E-state index contributed by atoms with van der Waals surface area (Å²) in [6, 6.07) is -1.56. The maximum absolute atomic E-state index is 13.3. The second kappa shape index (κ2) is 6.22. The van der Waals surface area contributed by atoms with Crippen LogP contribution in [0.5, 0.6) is 0 Å². The van der Waals surface area contributed by atoms with Crippen LogP contribution in [-0.4, -0.2) is 59.6 Å². The van der Waals surface area contributed by atoms with Gasteiger partial charge in [-0.05, 0) is 23.2 Å². The molecule has 2 aliphatic heterocycles. The van der Waals surface area contributed by atoms with Crippen molar-refractivity contribution in [2.45, 2.75) is 53.1 Å². The van der Waals surface area contributed by atoms with Gasteiger partial charge in [0.25, 0.3) is 0 Å². The lowest BCUT2D eigenvalue weighted by Gasteiger charge is -2.37. The van der Waals surface area contributed by atoms with E-state index in [1.165, 1.54) is 4.90 Å². The Kier molecular flexibility index (Phi) is 4.58. The fourth-order valence-corrected chi connectivity index (χ4v) is 4.61. The van der Waals surface area contributed by atoms with Crippen LogP contribution in [0.2, 0.25) is 0 Å². The molecule has 3 aliphatic rings. The molecule has 7 heteroatoms. The highest BCUT2D eigenvalue weighted by Gasteiger charge is 2.70. The normalized spacial score (nSPS) is 33.5. The van der Waals surface area contributed by atoms with Gasteiger partial charge in [-0.3, -0.25) is 9.59 Å². The minimum Gasteiger partial charge on any atom is -0.480 e. The fourth-order valence-electron chi connectivity index (χ4n) is 4.61. The molecule has 5 atom stereocenters. The maximum Gasteiger partial charge on any atom is 0.326 e. The van der Waals surface area contributed by atoms with E-state index in [4.69, 9.17) is 4.74 Å². The Bertz CT molecular complexity index is 618. The molecule has 0 bridgehead atoms. The quantitative estimate of drug-likeness (QED) is 0.777. The van der Waals surface area contributed by atoms with Gasteiger partial charge < -0.3 is 20.1 Å². The van der Waals surface area contributed by atoms with Gasteiger partial charge in [-0.2, -0.15) is 0 Å². The fraction of sp³-hybridized carbons (Fsp3) is 0.842. The number of carbonyl (C=O) groups excluding carboxylic acids is 2. The van der Waals surface area contributed by atoms with Crippen molar-refractivity contribution in [3.05, 3.63) is 0 Å². The Morgan fingerprint density at radius 2 is 1.92 bits per heavy atom. The number of ether oxygens (including phenoxy) is 1. The molecule has 26 heavy (non-hydrogen) atoms. The van der Waals surface area contributed by atoms with Crippen LogP contribution in [0.15, 0.2) is 0 Å². The number of hydrogen-bond donors (Lipinski definition) is 2. The number of nitrogens with one attached hydrogen (secondary N) is 1. The molecule has 0 radical (unpaired) electrons. The van der Waals surface area contributed by atoms with E-state index in [1.807, 2.05) is 20.8 Å². The van der Waals surface area contributed by atoms with E-state index < -0.39 is 23.5 Å². The van der Waals surface area contributed by atoms with Crippen LogP contribution >= 0.6 is 0 Å². The number of piperidine rings is 1. The predicted octanol–water partition coefficient (Wildman–Crippen LogP) is 1.12. The second-order valence-electron chi connectivity index (χ2n) is 9.60. The van der Waals surface area contributed by atoms with Crippen LogP contribution in [-0.2, 0) is 19.1 Å². The number of hydrogen-bond acceptors (Lipinski definition) is 4. The molecule has 0 aromatic rings. The summed E-state index contributed by atoms with van der Waals surface area (Å²) in [6.45, 7) is 11.1. The van der Waals surface area contributed by atoms with Gasteiger partial charge in [-0.25, -0.2) is 4.79 Å². The Morgan fingerprint density at radius 3 is 2.42 bits per heavy atom. The molecule has 1 aliphatic carbocycles. The average Bonchev–Trinajstić information content (AvgIpc) is 3.01. The van der Waals surface area contributed by atoms with Crippen molar-refractivity contribution >= 4 is 17.8 Å². The topological polar surface area (TPSA) is 95.9 Å². The summed E-state index contributed by atoms with van der Waals surface area (Å²) in [6.07, 6.45) is 0.649. The van der Waals surface area contributed by atoms with E-state index in [-0.39, 0.29) is 35.0 Å². The summed E-state index contributed by atoms with van der Waals surface area (Å²) in [5.74, 6) is -1.48. The van der Waals surface area contributed by atoms with E-state index in [1.54, 1.807) is 0 Å². The molecular weight excluding hydrogens is 336 g/mol. The van der Waals surface area contributed by atoms with Crippen molar-refractivity contribution in [2.75, 3.05) is 19.8 Å². The van der Waals surface area contributed by atoms with E-state index in [9.17, 15) is 19.5 Å². The molecule has 2 amide bonds. The van der Waals surface area contributed by atoms with Crippen LogP contribution in [0, 0.1) is 28.6 Å². The molecular formula is C19H30N2O5. The van der Waals surface area contributed by atoms with Crippen molar-refractivity contribution in [1.29, 1.82) is 0 Å². The average molecular weight is 366 g/mol. The van der Waals surface area contributed by atoms with Crippen LogP contribution in [0.1, 0.15) is 41.0 Å². The van der Waals surface area contributed by atoms with E-state index >= 15 is 0 Å². The summed E-state index contributed by atoms with van der Waals surface area (Å²) in [7, 11) is 0. The first-order valence-corrected chi connectivity index (χ1v) is 9.37. The van der Waals surface area contributed by atoms with Crippen molar-refractivity contribution in [1.82, 2.24) is 10.2 Å². The first kappa shape index (κ1) is 19.1. The number of carbonyl (C=O) groups is 3. The monoisotopic (exact) mass is 366 g/mol. The molecule has 2 saturated heterocycles. The molecule has 0 spiro atoms. The molecule has 3 fully saturated rings. The first-order chi connectivity index (χ1) is 12.0. The first-order valence-electron chi connectivity index (χ1n) is 9.37. The van der Waals surface area contributed by atoms with Crippen LogP contribution < -0.4 is 5.32 Å². The Hall–Kier alpha value is -1.63. The van der Waals surface area contributed by atoms with E-state index in [2.05, 4.69) is 19.2 Å². The van der Waals surface area contributed by atoms with Gasteiger partial charge in [0.1, 0.15) is 12.1 Å². The SMILES string of the molecule is CC(C)(C)[C@H](NC(=O)[C@@H]1CCOC1)C(=O)N1C[C@H]2[C@@H]([C@H]1C(=O)O)C2(C)C. The Labute approximate surface area is 154 Å². The molecule has 7 nitrogen and oxygen atoms in total. The Balaban J connectivity index is 1.78. The number of carboxylic acid groups (broad SMARTS) is 1. The number of fused-ring (bicyclic) bond motifs is 1. The van der Waals surface area contributed by atoms with Crippen molar-refractivity contribution < 1.29 is 24.2 Å². The third-order valence-corrected chi connectivity index (χ3v) is 6.44. The van der Waals surface area contributed by atoms with Gasteiger partial charge in [-0.1, -0.05) is 34.6 Å². The number of carboxylic acids is 1. The third-order valence-electron chi connectivity index (χ3n) is 6.44. The highest BCUT2D eigenvalue weighted by atomic mass is 16.5. The van der Waals surface area contributed by atoms with Crippen LogP contribution in [0.25, 0.3) is 0 Å². The summed E-state index contributed by atoms with van der Waals surface area (Å²) in [5.41, 5.74) is -0.556. The van der Waals surface area contributed by atoms with Gasteiger partial charge in [0.15, 0.2) is 0 Å². The molecule has 0 aromatic heterocycles. The maximum atomic E-state index is 13.3. The molecule has 0 unspecified atom stereocenters. The highest BCUT2D eigenvalue weighted by molar-refractivity contribution is 5.92. The van der Waals surface area contributed by atoms with Gasteiger partial charge in [0, 0.05) is 19.1 Å². The van der Waals surface area contributed by atoms with Crippen LogP contribution in [0.3, 0.4) is 0 Å². The minimum absolute atomic E-state index is 0.0106. The lowest BCUT2D eigenvalue weighted by molar-refractivity contribution is -0.153. The number of aliphatic carboxylic acids is 1. The van der Waals surface area contributed by atoms with Crippen molar-refractivity contribution in [3.63, 3.8) is 0 Å². The van der Waals surface area contributed by atoms with Crippen LogP contribution in [0.4, 0.5) is 0 Å². The zero-order valence-electron chi connectivity index (χ0n) is 16.2. The molecule has 3 rings (SSSR count). The lowest BCUT2D eigenvalue weighted by atomic mass is 9.84. The summed E-state index contributed by atoms with van der Waals surface area (Å²) in [4.78, 5) is 39.1. The second-order valence-corrected chi connectivity index (χ2v) is 9.60. The molecule has 2 heterocycles. The molecule has 1 saturated carbocycles. The predicted molar refractivity (Wildman–Crippen MR) is 94.2 cm³/mol. The molecule has 0 aromatic carbocycles. The summed E-state index contributed by atoms with van der Waals surface area (Å²) in [5, 5.41) is 12.6. The lowest BCUT2D eigenvalue weighted by Crippen LogP contribution is -2.58. The number of likely N-dealkylation sites (tertiary alicyclic amines) is 1. The van der Waals surface area contributed by atoms with E-state index in [0.717, 1.165) is 0 Å². The van der Waals surface area contributed by atoms with E-state index in [0.29, 0.717) is 26.2 Å². The third kappa shape index (κ3) is 3.10. The standard InChI is InChI=1S/C19H30N2O5/c1-18(2,3)14(20-15(22)10-6-7-26-9-10)16(23)21-8-11-12(19(11,4)5)13(21)17(24)25/h10-14H,6-9H2,1-5H3,(H,20,22)(H,24,25)/t10-,11+,12+,13+,14-/m1/s1. The largest absolute Gasteiger partial charge is 0.480 e. The zero-order valence-corrected chi connectivity index (χ0v) is 16.2. The van der Waals surface area contributed by atoms with Gasteiger partial charge in [0.05, 0.1) is 12.5 Å². The summed E-state index contributed by atoms with van der Waals surface area (Å²) < 4.78 is 5.26. The Morgan fingerprint density at radius 1 is 1.27 bits per heavy atom. The number of rotatable bonds is 4. The zero-order chi connectivity index (χ0) is 19.4.